The first-order valence-electron chi connectivity index (χ1n) is 5.65. The lowest BCUT2D eigenvalue weighted by Gasteiger charge is -2.09. The molecule has 20 heavy (non-hydrogen) atoms. The molecule has 1 N–H and O–H groups in total. The first-order chi connectivity index (χ1) is 9.47. The highest BCUT2D eigenvalue weighted by Gasteiger charge is 2.13. The third-order valence-electron chi connectivity index (χ3n) is 2.60. The van der Waals surface area contributed by atoms with Crippen molar-refractivity contribution in [1.82, 2.24) is 0 Å². The van der Waals surface area contributed by atoms with Gasteiger partial charge in [-0.15, -0.1) is 0 Å². The summed E-state index contributed by atoms with van der Waals surface area (Å²) in [5, 5.41) is 3.57. The number of carbonyl (C=O) groups is 1. The summed E-state index contributed by atoms with van der Waals surface area (Å²) in [4.78, 5) is 11.9. The number of carbonyl (C=O) groups excluding carboxylic acids is 1. The molecule has 0 spiro atoms. The van der Waals surface area contributed by atoms with Crippen LogP contribution in [0.3, 0.4) is 0 Å². The highest BCUT2D eigenvalue weighted by molar-refractivity contribution is 6.35. The summed E-state index contributed by atoms with van der Waals surface area (Å²) < 4.78 is 13.6. The van der Waals surface area contributed by atoms with Crippen LogP contribution in [0, 0.1) is 5.82 Å². The minimum Gasteiger partial charge on any atom is -0.324 e. The first-order valence-corrected chi connectivity index (χ1v) is 6.78. The number of amides is 1. The van der Waals surface area contributed by atoms with Crippen molar-refractivity contribution < 1.29 is 9.18 Å². The van der Waals surface area contributed by atoms with Gasteiger partial charge < -0.3 is 5.32 Å². The van der Waals surface area contributed by atoms with Gasteiger partial charge in [0.05, 0.1) is 17.1 Å². The van der Waals surface area contributed by atoms with E-state index >= 15 is 0 Å². The summed E-state index contributed by atoms with van der Waals surface area (Å²) in [5.41, 5.74) is 0.515. The van der Waals surface area contributed by atoms with Crippen LogP contribution < -0.4 is 5.32 Å². The molecule has 2 nitrogen and oxygen atoms in total. The van der Waals surface area contributed by atoms with E-state index < -0.39 is 11.7 Å². The molecule has 0 fully saturated rings. The Balaban J connectivity index is 2.15. The van der Waals surface area contributed by atoms with Crippen LogP contribution in [0.5, 0.6) is 0 Å². The van der Waals surface area contributed by atoms with E-state index in [1.807, 2.05) is 0 Å². The first kappa shape index (κ1) is 15.1. The molecule has 2 aromatic carbocycles. The summed E-state index contributed by atoms with van der Waals surface area (Å²) in [7, 11) is 0. The standard InChI is InChI=1S/C14H9Cl3FNO/c15-8-4-5-11(17)13(6-8)19-14(20)7-9-10(16)2-1-3-12(9)18/h1-6H,7H2,(H,19,20). The zero-order valence-electron chi connectivity index (χ0n) is 10.1. The van der Waals surface area contributed by atoms with E-state index in [9.17, 15) is 9.18 Å². The summed E-state index contributed by atoms with van der Waals surface area (Å²) in [6, 6.07) is 8.95. The second kappa shape index (κ2) is 6.44. The van der Waals surface area contributed by atoms with Crippen molar-refractivity contribution in [3.63, 3.8) is 0 Å². The van der Waals surface area contributed by atoms with Crippen LogP contribution >= 0.6 is 34.8 Å². The van der Waals surface area contributed by atoms with E-state index in [-0.39, 0.29) is 17.0 Å². The second-order valence-electron chi connectivity index (χ2n) is 4.05. The predicted octanol–water partition coefficient (Wildman–Crippen LogP) is 4.97. The molecule has 6 heteroatoms. The molecule has 1 amide bonds. The predicted molar refractivity (Wildman–Crippen MR) is 80.2 cm³/mol. The van der Waals surface area contributed by atoms with Gasteiger partial charge >= 0.3 is 0 Å². The fourth-order valence-electron chi connectivity index (χ4n) is 1.65. The molecule has 0 aliphatic heterocycles. The van der Waals surface area contributed by atoms with Crippen molar-refractivity contribution in [2.75, 3.05) is 5.32 Å². The zero-order valence-corrected chi connectivity index (χ0v) is 12.4. The summed E-state index contributed by atoms with van der Waals surface area (Å²) in [6.45, 7) is 0. The second-order valence-corrected chi connectivity index (χ2v) is 5.30. The lowest BCUT2D eigenvalue weighted by molar-refractivity contribution is -0.115. The Morgan fingerprint density at radius 3 is 2.55 bits per heavy atom. The molecule has 0 unspecified atom stereocenters. The quantitative estimate of drug-likeness (QED) is 0.845. The topological polar surface area (TPSA) is 29.1 Å². The van der Waals surface area contributed by atoms with Crippen molar-refractivity contribution in [2.45, 2.75) is 6.42 Å². The van der Waals surface area contributed by atoms with Crippen LogP contribution in [0.1, 0.15) is 5.56 Å². The van der Waals surface area contributed by atoms with Crippen molar-refractivity contribution in [2.24, 2.45) is 0 Å². The highest BCUT2D eigenvalue weighted by Crippen LogP contribution is 2.26. The number of halogens is 4. The van der Waals surface area contributed by atoms with Gasteiger partial charge in [0.15, 0.2) is 0 Å². The molecular formula is C14H9Cl3FNO. The maximum atomic E-state index is 13.6. The van der Waals surface area contributed by atoms with Crippen molar-refractivity contribution in [3.05, 3.63) is 62.8 Å². The highest BCUT2D eigenvalue weighted by atomic mass is 35.5. The SMILES string of the molecule is O=C(Cc1c(F)cccc1Cl)Nc1cc(Cl)ccc1Cl. The van der Waals surface area contributed by atoms with Crippen LogP contribution in [0.4, 0.5) is 10.1 Å². The van der Waals surface area contributed by atoms with Crippen molar-refractivity contribution in [3.8, 4) is 0 Å². The number of nitrogens with one attached hydrogen (secondary N) is 1. The Morgan fingerprint density at radius 1 is 1.10 bits per heavy atom. The summed E-state index contributed by atoms with van der Waals surface area (Å²) in [6.07, 6.45) is -0.186. The maximum absolute atomic E-state index is 13.6. The molecule has 2 aromatic rings. The maximum Gasteiger partial charge on any atom is 0.229 e. The van der Waals surface area contributed by atoms with Crippen LogP contribution in [0.25, 0.3) is 0 Å². The smallest absolute Gasteiger partial charge is 0.229 e. The van der Waals surface area contributed by atoms with Gasteiger partial charge in [-0.1, -0.05) is 40.9 Å². The number of hydrogen-bond donors (Lipinski definition) is 1. The van der Waals surface area contributed by atoms with Gasteiger partial charge in [-0.05, 0) is 30.3 Å². The molecule has 0 aliphatic rings. The molecule has 2 rings (SSSR count). The molecule has 0 atom stereocenters. The van der Waals surface area contributed by atoms with Crippen LogP contribution in [-0.4, -0.2) is 5.91 Å². The molecule has 0 heterocycles. The number of anilines is 1. The Hall–Kier alpha value is -1.29. The van der Waals surface area contributed by atoms with E-state index in [2.05, 4.69) is 5.32 Å². The van der Waals surface area contributed by atoms with Crippen LogP contribution in [0.15, 0.2) is 36.4 Å². The molecule has 0 radical (unpaired) electrons. The normalized spacial score (nSPS) is 10.4. The lowest BCUT2D eigenvalue weighted by Crippen LogP contribution is -2.15. The van der Waals surface area contributed by atoms with E-state index in [1.54, 1.807) is 12.1 Å². The summed E-state index contributed by atoms with van der Waals surface area (Å²) >= 11 is 17.6. The van der Waals surface area contributed by atoms with Crippen molar-refractivity contribution >= 4 is 46.4 Å². The van der Waals surface area contributed by atoms with Gasteiger partial charge in [0, 0.05) is 15.6 Å². The van der Waals surface area contributed by atoms with Gasteiger partial charge in [-0.25, -0.2) is 4.39 Å². The van der Waals surface area contributed by atoms with E-state index in [0.29, 0.717) is 15.7 Å². The molecule has 0 aromatic heterocycles. The molecule has 104 valence electrons. The van der Waals surface area contributed by atoms with Gasteiger partial charge in [0.1, 0.15) is 5.82 Å². The Kier molecular flexibility index (Phi) is 4.86. The number of benzene rings is 2. The lowest BCUT2D eigenvalue weighted by atomic mass is 10.1. The van der Waals surface area contributed by atoms with Crippen LogP contribution in [0.2, 0.25) is 15.1 Å². The molecule has 0 aliphatic carbocycles. The minimum atomic E-state index is -0.523. The molecular weight excluding hydrogens is 324 g/mol. The van der Waals surface area contributed by atoms with E-state index in [4.69, 9.17) is 34.8 Å². The third-order valence-corrected chi connectivity index (χ3v) is 3.52. The van der Waals surface area contributed by atoms with Gasteiger partial charge in [0.2, 0.25) is 5.91 Å². The largest absolute Gasteiger partial charge is 0.324 e. The van der Waals surface area contributed by atoms with E-state index in [1.165, 1.54) is 24.3 Å². The third kappa shape index (κ3) is 3.63. The molecule has 0 saturated heterocycles. The molecule has 0 bridgehead atoms. The number of rotatable bonds is 3. The fourth-order valence-corrected chi connectivity index (χ4v) is 2.22. The van der Waals surface area contributed by atoms with Crippen molar-refractivity contribution in [1.29, 1.82) is 0 Å². The minimum absolute atomic E-state index is 0.143. The van der Waals surface area contributed by atoms with Gasteiger partial charge in [0.25, 0.3) is 0 Å². The number of hydrogen-bond acceptors (Lipinski definition) is 1. The molecule has 0 saturated carbocycles. The zero-order chi connectivity index (χ0) is 14.7. The fraction of sp³-hybridized carbons (Fsp3) is 0.0714. The summed E-state index contributed by atoms with van der Waals surface area (Å²) in [5.74, 6) is -0.953. The Morgan fingerprint density at radius 2 is 1.85 bits per heavy atom. The van der Waals surface area contributed by atoms with Gasteiger partial charge in [-0.2, -0.15) is 0 Å². The average molecular weight is 333 g/mol. The Labute approximate surface area is 130 Å². The van der Waals surface area contributed by atoms with Gasteiger partial charge in [-0.3, -0.25) is 4.79 Å². The Bertz CT molecular complexity index is 641. The van der Waals surface area contributed by atoms with E-state index in [0.717, 1.165) is 0 Å². The average Bonchev–Trinajstić information content (AvgIpc) is 2.38. The monoisotopic (exact) mass is 331 g/mol. The van der Waals surface area contributed by atoms with Crippen LogP contribution in [-0.2, 0) is 11.2 Å².